The number of hydrogen-bond donors (Lipinski definition) is 2. The van der Waals surface area contributed by atoms with Crippen molar-refractivity contribution in [3.8, 4) is 0 Å². The average Bonchev–Trinajstić information content (AvgIpc) is 2.46. The molecule has 5 nitrogen and oxygen atoms in total. The molecule has 114 valence electrons. The molecule has 1 unspecified atom stereocenters. The van der Waals surface area contributed by atoms with E-state index in [1.807, 2.05) is 0 Å². The van der Waals surface area contributed by atoms with Gasteiger partial charge in [0.1, 0.15) is 6.54 Å². The van der Waals surface area contributed by atoms with Gasteiger partial charge in [0.2, 0.25) is 5.91 Å². The number of carbonyl (C=O) groups is 2. The summed E-state index contributed by atoms with van der Waals surface area (Å²) in [5, 5.41) is 12.8. The molecule has 1 atom stereocenters. The second kappa shape index (κ2) is 7.68. The molecule has 2 N–H and O–H groups in total. The van der Waals surface area contributed by atoms with Crippen LogP contribution in [-0.4, -0.2) is 47.6 Å². The third-order valence-corrected chi connectivity index (χ3v) is 4.54. The molecule has 7 heteroatoms. The first-order valence-corrected chi connectivity index (χ1v) is 8.18. The molecule has 1 aromatic rings. The van der Waals surface area contributed by atoms with Gasteiger partial charge in [0.15, 0.2) is 0 Å². The summed E-state index contributed by atoms with van der Waals surface area (Å²) in [5.41, 5.74) is 0.551. The predicted molar refractivity (Wildman–Crippen MR) is 85.2 cm³/mol. The van der Waals surface area contributed by atoms with Crippen LogP contribution in [0, 0.1) is 0 Å². The largest absolute Gasteiger partial charge is 0.480 e. The van der Waals surface area contributed by atoms with Gasteiger partial charge in [-0.1, -0.05) is 11.6 Å². The van der Waals surface area contributed by atoms with E-state index in [1.54, 1.807) is 36.0 Å². The summed E-state index contributed by atoms with van der Waals surface area (Å²) in [4.78, 5) is 24.7. The minimum atomic E-state index is -1.04. The van der Waals surface area contributed by atoms with Crippen molar-refractivity contribution in [2.24, 2.45) is 0 Å². The Balaban J connectivity index is 2.08. The van der Waals surface area contributed by atoms with Crippen molar-refractivity contribution >= 4 is 40.9 Å². The molecule has 0 aliphatic carbocycles. The van der Waals surface area contributed by atoms with Crippen molar-refractivity contribution in [3.63, 3.8) is 0 Å². The Bertz CT molecular complexity index is 503. The monoisotopic (exact) mass is 328 g/mol. The average molecular weight is 329 g/mol. The highest BCUT2D eigenvalue weighted by Gasteiger charge is 2.23. The molecule has 1 aliphatic rings. The summed E-state index contributed by atoms with van der Waals surface area (Å²) < 4.78 is 0. The van der Waals surface area contributed by atoms with Crippen molar-refractivity contribution in [2.75, 3.05) is 29.5 Å². The van der Waals surface area contributed by atoms with Crippen LogP contribution in [0.2, 0.25) is 5.02 Å². The van der Waals surface area contributed by atoms with E-state index in [2.05, 4.69) is 5.32 Å². The van der Waals surface area contributed by atoms with Gasteiger partial charge >= 0.3 is 5.97 Å². The predicted octanol–water partition coefficient (Wildman–Crippen LogP) is 1.85. The summed E-state index contributed by atoms with van der Waals surface area (Å²) in [6, 6.07) is 6.71. The van der Waals surface area contributed by atoms with E-state index in [4.69, 9.17) is 16.7 Å². The van der Waals surface area contributed by atoms with Gasteiger partial charge in [-0.2, -0.15) is 11.8 Å². The third-order valence-electron chi connectivity index (χ3n) is 3.15. The number of carboxylic acid groups (broad SMARTS) is 1. The Hall–Kier alpha value is -1.24. The van der Waals surface area contributed by atoms with Gasteiger partial charge in [-0.15, -0.1) is 0 Å². The normalized spacial score (nSPS) is 18.2. The maximum atomic E-state index is 12.4. The molecule has 1 aliphatic heterocycles. The Morgan fingerprint density at radius 1 is 1.38 bits per heavy atom. The highest BCUT2D eigenvalue weighted by molar-refractivity contribution is 7.99. The van der Waals surface area contributed by atoms with Gasteiger partial charge in [0, 0.05) is 41.2 Å². The number of carboxylic acids is 1. The molecule has 1 fully saturated rings. The zero-order chi connectivity index (χ0) is 15.2. The van der Waals surface area contributed by atoms with Crippen LogP contribution in [0.1, 0.15) is 6.42 Å². The minimum Gasteiger partial charge on any atom is -0.480 e. The maximum absolute atomic E-state index is 12.4. The molecule has 2 rings (SSSR count). The lowest BCUT2D eigenvalue weighted by molar-refractivity contribution is -0.136. The number of halogens is 1. The molecule has 21 heavy (non-hydrogen) atoms. The van der Waals surface area contributed by atoms with Crippen molar-refractivity contribution < 1.29 is 14.7 Å². The first-order valence-electron chi connectivity index (χ1n) is 6.65. The Labute approximate surface area is 132 Å². The van der Waals surface area contributed by atoms with Gasteiger partial charge in [-0.25, -0.2) is 0 Å². The van der Waals surface area contributed by atoms with Gasteiger partial charge in [-0.3, -0.25) is 9.59 Å². The number of rotatable bonds is 5. The van der Waals surface area contributed by atoms with E-state index < -0.39 is 5.97 Å². The van der Waals surface area contributed by atoms with E-state index in [9.17, 15) is 9.59 Å². The van der Waals surface area contributed by atoms with Gasteiger partial charge in [-0.05, 0) is 24.3 Å². The highest BCUT2D eigenvalue weighted by atomic mass is 35.5. The van der Waals surface area contributed by atoms with Crippen LogP contribution in [0.3, 0.4) is 0 Å². The SMILES string of the molecule is O=C(O)CN(C(=O)CC1CSCCN1)c1ccc(Cl)cc1. The van der Waals surface area contributed by atoms with Crippen LogP contribution >= 0.6 is 23.4 Å². The smallest absolute Gasteiger partial charge is 0.323 e. The quantitative estimate of drug-likeness (QED) is 0.863. The van der Waals surface area contributed by atoms with Gasteiger partial charge in [0.05, 0.1) is 0 Å². The fraction of sp³-hybridized carbons (Fsp3) is 0.429. The zero-order valence-electron chi connectivity index (χ0n) is 11.4. The number of hydrogen-bond acceptors (Lipinski definition) is 4. The number of aliphatic carboxylic acids is 1. The second-order valence-electron chi connectivity index (χ2n) is 4.78. The minimum absolute atomic E-state index is 0.0971. The van der Waals surface area contributed by atoms with Crippen molar-refractivity contribution in [1.82, 2.24) is 5.32 Å². The molecule has 0 aromatic heterocycles. The number of benzene rings is 1. The first-order chi connectivity index (χ1) is 10.1. The summed E-state index contributed by atoms with van der Waals surface area (Å²) in [5.74, 6) is 0.678. The summed E-state index contributed by atoms with van der Waals surface area (Å²) in [7, 11) is 0. The molecule has 1 heterocycles. The second-order valence-corrected chi connectivity index (χ2v) is 6.37. The zero-order valence-corrected chi connectivity index (χ0v) is 13.0. The lowest BCUT2D eigenvalue weighted by Gasteiger charge is -2.26. The van der Waals surface area contributed by atoms with Crippen molar-refractivity contribution in [3.05, 3.63) is 29.3 Å². The van der Waals surface area contributed by atoms with Crippen molar-refractivity contribution in [1.29, 1.82) is 0 Å². The van der Waals surface area contributed by atoms with Crippen LogP contribution in [0.15, 0.2) is 24.3 Å². The molecule has 0 bridgehead atoms. The fourth-order valence-corrected chi connectivity index (χ4v) is 3.23. The molecule has 0 saturated carbocycles. The third kappa shape index (κ3) is 4.91. The molecular formula is C14H17ClN2O3S. The standard InChI is InChI=1S/C14H17ClN2O3S/c15-10-1-3-12(4-2-10)17(8-14(19)20)13(18)7-11-9-21-6-5-16-11/h1-4,11,16H,5-9H2,(H,19,20). The van der Waals surface area contributed by atoms with E-state index in [0.29, 0.717) is 17.1 Å². The Morgan fingerprint density at radius 2 is 2.10 bits per heavy atom. The summed E-state index contributed by atoms with van der Waals surface area (Å²) in [6.45, 7) is 0.531. The number of nitrogens with one attached hydrogen (secondary N) is 1. The number of anilines is 1. The molecule has 1 aromatic carbocycles. The molecule has 1 amide bonds. The molecule has 1 saturated heterocycles. The van der Waals surface area contributed by atoms with Crippen LogP contribution in [0.5, 0.6) is 0 Å². The van der Waals surface area contributed by atoms with E-state index in [-0.39, 0.29) is 18.5 Å². The first kappa shape index (κ1) is 16.1. The molecular weight excluding hydrogens is 312 g/mol. The molecule has 0 spiro atoms. The topological polar surface area (TPSA) is 69.6 Å². The van der Waals surface area contributed by atoms with Gasteiger partial charge < -0.3 is 15.3 Å². The van der Waals surface area contributed by atoms with Gasteiger partial charge in [0.25, 0.3) is 0 Å². The number of thioether (sulfide) groups is 1. The highest BCUT2D eigenvalue weighted by Crippen LogP contribution is 2.20. The number of amides is 1. The fourth-order valence-electron chi connectivity index (χ4n) is 2.15. The van der Waals surface area contributed by atoms with Crippen LogP contribution in [0.25, 0.3) is 0 Å². The summed E-state index contributed by atoms with van der Waals surface area (Å²) >= 11 is 7.63. The van der Waals surface area contributed by atoms with E-state index in [1.165, 1.54) is 4.90 Å². The van der Waals surface area contributed by atoms with E-state index >= 15 is 0 Å². The Kier molecular flexibility index (Phi) is 5.90. The van der Waals surface area contributed by atoms with Crippen LogP contribution in [-0.2, 0) is 9.59 Å². The number of nitrogens with zero attached hydrogens (tertiary/aromatic N) is 1. The lowest BCUT2D eigenvalue weighted by atomic mass is 10.2. The maximum Gasteiger partial charge on any atom is 0.323 e. The molecule has 0 radical (unpaired) electrons. The van der Waals surface area contributed by atoms with Crippen LogP contribution in [0.4, 0.5) is 5.69 Å². The lowest BCUT2D eigenvalue weighted by Crippen LogP contribution is -2.44. The number of carbonyl (C=O) groups excluding carboxylic acids is 1. The Morgan fingerprint density at radius 3 is 2.67 bits per heavy atom. The van der Waals surface area contributed by atoms with Crippen molar-refractivity contribution in [2.45, 2.75) is 12.5 Å². The van der Waals surface area contributed by atoms with Crippen LogP contribution < -0.4 is 10.2 Å². The summed E-state index contributed by atoms with van der Waals surface area (Å²) in [6.07, 6.45) is 0.295. The van der Waals surface area contributed by atoms with E-state index in [0.717, 1.165) is 18.1 Å².